The van der Waals surface area contributed by atoms with E-state index in [1.54, 1.807) is 0 Å². The molecule has 0 aromatic heterocycles. The summed E-state index contributed by atoms with van der Waals surface area (Å²) in [7, 11) is 0. The number of nitrogens with two attached hydrogens (primary N) is 1. The minimum Gasteiger partial charge on any atom is -0.399 e. The van der Waals surface area contributed by atoms with Crippen molar-refractivity contribution in [3.05, 3.63) is 88.8 Å². The van der Waals surface area contributed by atoms with Crippen molar-refractivity contribution in [2.75, 3.05) is 25.1 Å². The van der Waals surface area contributed by atoms with Gasteiger partial charge >= 0.3 is 0 Å². The van der Waals surface area contributed by atoms with Crippen molar-refractivity contribution >= 4 is 11.4 Å². The van der Waals surface area contributed by atoms with Crippen LogP contribution in [0, 0.1) is 5.92 Å². The van der Waals surface area contributed by atoms with E-state index in [0.29, 0.717) is 12.6 Å². The molecular formula is C33H50N4. The predicted octanol–water partition coefficient (Wildman–Crippen LogP) is 8.18. The van der Waals surface area contributed by atoms with E-state index in [-0.39, 0.29) is 0 Å². The lowest BCUT2D eigenvalue weighted by atomic mass is 9.78. The number of nitrogens with zero attached hydrogens (tertiary/aromatic N) is 2. The van der Waals surface area contributed by atoms with E-state index in [1.807, 2.05) is 6.08 Å². The Morgan fingerprint density at radius 2 is 1.78 bits per heavy atom. The third kappa shape index (κ3) is 8.80. The average Bonchev–Trinajstić information content (AvgIpc) is 2.89. The molecular weight excluding hydrogens is 452 g/mol. The van der Waals surface area contributed by atoms with Gasteiger partial charge in [-0.15, -0.1) is 0 Å². The van der Waals surface area contributed by atoms with E-state index in [0.717, 1.165) is 74.1 Å². The molecule has 0 bridgehead atoms. The molecule has 0 amide bonds. The molecule has 202 valence electrons. The van der Waals surface area contributed by atoms with Crippen LogP contribution in [0.3, 0.4) is 0 Å². The number of nitrogens with one attached hydrogen (secondary N) is 1. The van der Waals surface area contributed by atoms with Gasteiger partial charge < -0.3 is 16.0 Å². The van der Waals surface area contributed by atoms with E-state index in [9.17, 15) is 0 Å². The van der Waals surface area contributed by atoms with Crippen LogP contribution in [0.5, 0.6) is 0 Å². The first-order valence-electron chi connectivity index (χ1n) is 14.0. The van der Waals surface area contributed by atoms with Crippen molar-refractivity contribution in [1.29, 1.82) is 0 Å². The molecule has 1 saturated carbocycles. The van der Waals surface area contributed by atoms with Crippen molar-refractivity contribution < 1.29 is 0 Å². The highest BCUT2D eigenvalue weighted by Crippen LogP contribution is 2.34. The minimum atomic E-state index is 0.394. The number of hydrogen-bond acceptors (Lipinski definition) is 4. The number of rotatable bonds is 13. The van der Waals surface area contributed by atoms with Crippen LogP contribution in [-0.2, 0) is 6.42 Å². The molecule has 1 aromatic carbocycles. The van der Waals surface area contributed by atoms with E-state index >= 15 is 0 Å². The van der Waals surface area contributed by atoms with Crippen molar-refractivity contribution in [2.45, 2.75) is 80.1 Å². The summed E-state index contributed by atoms with van der Waals surface area (Å²) in [5, 5.41) is 3.49. The Bertz CT molecular complexity index is 1030. The molecule has 1 fully saturated rings. The van der Waals surface area contributed by atoms with E-state index in [4.69, 9.17) is 10.7 Å². The topological polar surface area (TPSA) is 53.6 Å². The molecule has 4 heteroatoms. The normalized spacial score (nSPS) is 18.4. The third-order valence-electron chi connectivity index (χ3n) is 7.31. The summed E-state index contributed by atoms with van der Waals surface area (Å²) in [5.41, 5.74) is 16.9. The lowest BCUT2D eigenvalue weighted by Gasteiger charge is -2.28. The van der Waals surface area contributed by atoms with Crippen molar-refractivity contribution in [3.63, 3.8) is 0 Å². The van der Waals surface area contributed by atoms with Gasteiger partial charge in [0.25, 0.3) is 0 Å². The number of allylic oxidation sites excluding steroid dienone is 7. The second kappa shape index (κ2) is 15.3. The molecule has 0 saturated heterocycles. The first kappa shape index (κ1) is 30.2. The Hall–Kier alpha value is -3.01. The van der Waals surface area contributed by atoms with Gasteiger partial charge in [0.2, 0.25) is 0 Å². The molecule has 0 spiro atoms. The van der Waals surface area contributed by atoms with Gasteiger partial charge in [0, 0.05) is 42.3 Å². The van der Waals surface area contributed by atoms with E-state index in [1.165, 1.54) is 28.1 Å². The average molecular weight is 503 g/mol. The Morgan fingerprint density at radius 1 is 1.14 bits per heavy atom. The molecule has 3 N–H and O–H groups in total. The zero-order chi connectivity index (χ0) is 27.4. The van der Waals surface area contributed by atoms with Gasteiger partial charge in [-0.3, -0.25) is 4.99 Å². The first-order chi connectivity index (χ1) is 17.7. The van der Waals surface area contributed by atoms with Crippen LogP contribution < -0.4 is 11.1 Å². The zero-order valence-electron chi connectivity index (χ0n) is 24.3. The molecule has 0 heterocycles. The summed E-state index contributed by atoms with van der Waals surface area (Å²) < 4.78 is 0. The number of benzene rings is 1. The molecule has 1 aliphatic carbocycles. The fourth-order valence-electron chi connectivity index (χ4n) is 5.12. The van der Waals surface area contributed by atoms with Gasteiger partial charge in [0.15, 0.2) is 0 Å². The summed E-state index contributed by atoms with van der Waals surface area (Å²) in [6, 6.07) is 8.69. The summed E-state index contributed by atoms with van der Waals surface area (Å²) in [4.78, 5) is 7.41. The summed E-state index contributed by atoms with van der Waals surface area (Å²) >= 11 is 0. The van der Waals surface area contributed by atoms with Gasteiger partial charge in [0.1, 0.15) is 6.67 Å². The van der Waals surface area contributed by atoms with Crippen LogP contribution in [0.2, 0.25) is 0 Å². The van der Waals surface area contributed by atoms with Crippen LogP contribution in [0.1, 0.15) is 79.2 Å². The lowest BCUT2D eigenvalue weighted by molar-refractivity contribution is 0.339. The predicted molar refractivity (Wildman–Crippen MR) is 164 cm³/mol. The molecule has 0 aliphatic heterocycles. The van der Waals surface area contributed by atoms with Crippen molar-refractivity contribution in [3.8, 4) is 0 Å². The summed E-state index contributed by atoms with van der Waals surface area (Å²) in [6.45, 7) is 24.0. The van der Waals surface area contributed by atoms with Crippen LogP contribution in [-0.4, -0.2) is 30.4 Å². The Morgan fingerprint density at radius 3 is 2.32 bits per heavy atom. The molecule has 4 nitrogen and oxygen atoms in total. The fourth-order valence-corrected chi connectivity index (χ4v) is 5.12. The standard InChI is InChI=1S/C33H50N4/c1-9-19-37(20-10-2)25(7)21-27-13-17-30(18-14-27)35-23-36-32-22-29(16-15-28(32)11-3)31(12-4)26(8)33(34)24(5)6/h11-14,17-18,29,35H,4,7,9-10,15-16,19-23,34H2,1-3,5-6,8H3/b28-11-,31-26+,36-32-. The molecule has 37 heavy (non-hydrogen) atoms. The number of anilines is 1. The van der Waals surface area contributed by atoms with Gasteiger partial charge in [-0.1, -0.05) is 56.9 Å². The second-order valence-electron chi connectivity index (χ2n) is 10.3. The zero-order valence-corrected chi connectivity index (χ0v) is 24.3. The Kier molecular flexibility index (Phi) is 12.5. The Balaban J connectivity index is 2.06. The Labute approximate surface area is 226 Å². The van der Waals surface area contributed by atoms with Gasteiger partial charge in [-0.05, 0) is 100 Å². The molecule has 2 rings (SSSR count). The number of aliphatic imine (C=N–C) groups is 1. The van der Waals surface area contributed by atoms with Crippen molar-refractivity contribution in [2.24, 2.45) is 16.6 Å². The SMILES string of the molecule is C=C/C(=C(/C)C(N)=C(C)C)C1CCC(=C/C)/C(=N\CNc2ccc(CC(=C)N(CCC)CCC)cc2)C1. The third-order valence-corrected chi connectivity index (χ3v) is 7.31. The highest BCUT2D eigenvalue weighted by molar-refractivity contribution is 6.01. The molecule has 1 aromatic rings. The highest BCUT2D eigenvalue weighted by Gasteiger charge is 2.25. The van der Waals surface area contributed by atoms with Gasteiger partial charge in [-0.2, -0.15) is 0 Å². The maximum absolute atomic E-state index is 6.37. The van der Waals surface area contributed by atoms with Crippen LogP contribution in [0.25, 0.3) is 0 Å². The molecule has 0 radical (unpaired) electrons. The second-order valence-corrected chi connectivity index (χ2v) is 10.3. The minimum absolute atomic E-state index is 0.394. The first-order valence-corrected chi connectivity index (χ1v) is 14.0. The number of hydrogen-bond donors (Lipinski definition) is 2. The highest BCUT2D eigenvalue weighted by atomic mass is 15.1. The van der Waals surface area contributed by atoms with Gasteiger partial charge in [-0.25, -0.2) is 0 Å². The quantitative estimate of drug-likeness (QED) is 0.267. The molecule has 1 aliphatic rings. The largest absolute Gasteiger partial charge is 0.399 e. The fraction of sp³-hybridized carbons (Fsp3) is 0.485. The van der Waals surface area contributed by atoms with Crippen LogP contribution >= 0.6 is 0 Å². The lowest BCUT2D eigenvalue weighted by Crippen LogP contribution is -2.25. The monoisotopic (exact) mass is 502 g/mol. The molecule has 1 unspecified atom stereocenters. The van der Waals surface area contributed by atoms with Crippen LogP contribution in [0.15, 0.2) is 88.3 Å². The smallest absolute Gasteiger partial charge is 0.108 e. The summed E-state index contributed by atoms with van der Waals surface area (Å²) in [6.07, 6.45) is 10.4. The van der Waals surface area contributed by atoms with Crippen LogP contribution in [0.4, 0.5) is 5.69 Å². The van der Waals surface area contributed by atoms with Gasteiger partial charge in [0.05, 0.1) is 0 Å². The maximum Gasteiger partial charge on any atom is 0.108 e. The van der Waals surface area contributed by atoms with E-state index < -0.39 is 0 Å². The van der Waals surface area contributed by atoms with Crippen molar-refractivity contribution in [1.82, 2.24) is 4.90 Å². The maximum atomic E-state index is 6.37. The summed E-state index contributed by atoms with van der Waals surface area (Å²) in [5.74, 6) is 0.394. The molecule has 1 atom stereocenters. The van der Waals surface area contributed by atoms with E-state index in [2.05, 4.69) is 95.3 Å².